The van der Waals surface area contributed by atoms with Gasteiger partial charge in [-0.2, -0.15) is 0 Å². The molecule has 0 aliphatic carbocycles. The summed E-state index contributed by atoms with van der Waals surface area (Å²) in [6.07, 6.45) is 1.72. The van der Waals surface area contributed by atoms with Gasteiger partial charge in [-0.25, -0.2) is 9.48 Å². The summed E-state index contributed by atoms with van der Waals surface area (Å²) < 4.78 is 7.45. The predicted octanol–water partition coefficient (Wildman–Crippen LogP) is 3.27. The molecule has 124 valence electrons. The van der Waals surface area contributed by atoms with E-state index in [1.54, 1.807) is 4.68 Å². The smallest absolute Gasteiger partial charge is 0.358 e. The lowest BCUT2D eigenvalue weighted by Gasteiger charge is -2.11. The van der Waals surface area contributed by atoms with Crippen molar-refractivity contribution >= 4 is 5.97 Å². The second-order valence-corrected chi connectivity index (χ2v) is 5.83. The monoisotopic (exact) mass is 317 g/mol. The maximum Gasteiger partial charge on any atom is 0.358 e. The van der Waals surface area contributed by atoms with Crippen molar-refractivity contribution in [3.05, 3.63) is 41.2 Å². The Labute approximate surface area is 136 Å². The van der Waals surface area contributed by atoms with Crippen molar-refractivity contribution in [1.82, 2.24) is 15.0 Å². The Morgan fingerprint density at radius 1 is 1.30 bits per heavy atom. The summed E-state index contributed by atoms with van der Waals surface area (Å²) in [6.45, 7) is 7.19. The van der Waals surface area contributed by atoms with E-state index in [9.17, 15) is 4.79 Å². The SMILES string of the molecule is Cc1ccccc1OCCCCn1nnc(C(=O)O)c1C(C)C. The minimum Gasteiger partial charge on any atom is -0.493 e. The van der Waals surface area contributed by atoms with Gasteiger partial charge in [0.05, 0.1) is 12.3 Å². The van der Waals surface area contributed by atoms with Crippen LogP contribution < -0.4 is 4.74 Å². The highest BCUT2D eigenvalue weighted by molar-refractivity contribution is 5.86. The Morgan fingerprint density at radius 2 is 2.04 bits per heavy atom. The zero-order valence-electron chi connectivity index (χ0n) is 13.8. The molecule has 0 aliphatic heterocycles. The zero-order valence-corrected chi connectivity index (χ0v) is 13.8. The first kappa shape index (κ1) is 17.0. The van der Waals surface area contributed by atoms with E-state index in [1.807, 2.05) is 45.0 Å². The van der Waals surface area contributed by atoms with Crippen molar-refractivity contribution in [2.24, 2.45) is 0 Å². The molecule has 0 radical (unpaired) electrons. The minimum atomic E-state index is -1.03. The number of aromatic carboxylic acids is 1. The summed E-state index contributed by atoms with van der Waals surface area (Å²) in [4.78, 5) is 11.2. The molecule has 0 unspecified atom stereocenters. The summed E-state index contributed by atoms with van der Waals surface area (Å²) >= 11 is 0. The van der Waals surface area contributed by atoms with Gasteiger partial charge < -0.3 is 9.84 Å². The van der Waals surface area contributed by atoms with Crippen molar-refractivity contribution in [3.63, 3.8) is 0 Å². The molecule has 0 amide bonds. The molecule has 0 atom stereocenters. The largest absolute Gasteiger partial charge is 0.493 e. The molecule has 23 heavy (non-hydrogen) atoms. The van der Waals surface area contributed by atoms with Gasteiger partial charge in [-0.1, -0.05) is 37.3 Å². The van der Waals surface area contributed by atoms with Crippen LogP contribution in [-0.2, 0) is 6.54 Å². The molecule has 2 aromatic rings. The number of aryl methyl sites for hydroxylation is 2. The number of ether oxygens (including phenoxy) is 1. The number of carbonyl (C=O) groups is 1. The number of benzene rings is 1. The van der Waals surface area contributed by atoms with E-state index in [4.69, 9.17) is 9.84 Å². The van der Waals surface area contributed by atoms with Crippen LogP contribution in [0.4, 0.5) is 0 Å². The lowest BCUT2D eigenvalue weighted by atomic mass is 10.1. The predicted molar refractivity (Wildman–Crippen MR) is 87.0 cm³/mol. The molecule has 0 aliphatic rings. The van der Waals surface area contributed by atoms with Crippen LogP contribution >= 0.6 is 0 Å². The molecule has 1 heterocycles. The van der Waals surface area contributed by atoms with E-state index in [-0.39, 0.29) is 11.6 Å². The fourth-order valence-electron chi connectivity index (χ4n) is 2.47. The maximum atomic E-state index is 11.2. The first-order valence-electron chi connectivity index (χ1n) is 7.85. The van der Waals surface area contributed by atoms with E-state index in [2.05, 4.69) is 10.3 Å². The molecule has 0 fully saturated rings. The van der Waals surface area contributed by atoms with Crippen LogP contribution in [0.2, 0.25) is 0 Å². The molecule has 6 heteroatoms. The number of para-hydroxylation sites is 1. The van der Waals surface area contributed by atoms with Crippen molar-refractivity contribution in [2.75, 3.05) is 6.61 Å². The first-order valence-corrected chi connectivity index (χ1v) is 7.85. The molecule has 0 saturated heterocycles. The lowest BCUT2D eigenvalue weighted by Crippen LogP contribution is -2.11. The maximum absolute atomic E-state index is 11.2. The van der Waals surface area contributed by atoms with E-state index in [0.717, 1.165) is 24.2 Å². The molecule has 6 nitrogen and oxygen atoms in total. The molecule has 1 aromatic carbocycles. The summed E-state index contributed by atoms with van der Waals surface area (Å²) in [5, 5.41) is 16.9. The number of hydrogen-bond donors (Lipinski definition) is 1. The number of hydrogen-bond acceptors (Lipinski definition) is 4. The Kier molecular flexibility index (Phi) is 5.73. The number of carboxylic acid groups (broad SMARTS) is 1. The van der Waals surface area contributed by atoms with Crippen LogP contribution in [0.15, 0.2) is 24.3 Å². The average molecular weight is 317 g/mol. The Bertz CT molecular complexity index is 665. The minimum absolute atomic E-state index is 0.0520. The number of nitrogens with zero attached hydrogens (tertiary/aromatic N) is 3. The first-order chi connectivity index (χ1) is 11.0. The Morgan fingerprint density at radius 3 is 2.70 bits per heavy atom. The van der Waals surface area contributed by atoms with Crippen LogP contribution in [0, 0.1) is 6.92 Å². The second-order valence-electron chi connectivity index (χ2n) is 5.83. The highest BCUT2D eigenvalue weighted by Crippen LogP contribution is 2.19. The standard InChI is InChI=1S/C17H23N3O3/c1-12(2)16-15(17(21)22)18-19-20(16)10-6-7-11-23-14-9-5-4-8-13(14)3/h4-5,8-9,12H,6-7,10-11H2,1-3H3,(H,21,22). The van der Waals surface area contributed by atoms with Gasteiger partial charge >= 0.3 is 5.97 Å². The quantitative estimate of drug-likeness (QED) is 0.756. The van der Waals surface area contributed by atoms with Crippen LogP contribution in [0.3, 0.4) is 0 Å². The topological polar surface area (TPSA) is 77.2 Å². The van der Waals surface area contributed by atoms with Gasteiger partial charge in [0.25, 0.3) is 0 Å². The fourth-order valence-corrected chi connectivity index (χ4v) is 2.47. The van der Waals surface area contributed by atoms with E-state index in [0.29, 0.717) is 18.8 Å². The third-order valence-electron chi connectivity index (χ3n) is 3.64. The van der Waals surface area contributed by atoms with Crippen molar-refractivity contribution in [3.8, 4) is 5.75 Å². The van der Waals surface area contributed by atoms with Gasteiger partial charge in [-0.05, 0) is 37.3 Å². The summed E-state index contributed by atoms with van der Waals surface area (Å²) in [6, 6.07) is 7.93. The van der Waals surface area contributed by atoms with Crippen LogP contribution in [0.25, 0.3) is 0 Å². The average Bonchev–Trinajstić information content (AvgIpc) is 2.93. The Hall–Kier alpha value is -2.37. The summed E-state index contributed by atoms with van der Waals surface area (Å²) in [5.41, 5.74) is 1.85. The van der Waals surface area contributed by atoms with E-state index in [1.165, 1.54) is 0 Å². The number of unbranched alkanes of at least 4 members (excludes halogenated alkanes) is 1. The highest BCUT2D eigenvalue weighted by atomic mass is 16.5. The van der Waals surface area contributed by atoms with Gasteiger partial charge in [-0.15, -0.1) is 5.10 Å². The van der Waals surface area contributed by atoms with Gasteiger partial charge in [0.15, 0.2) is 5.69 Å². The van der Waals surface area contributed by atoms with Crippen molar-refractivity contribution in [1.29, 1.82) is 0 Å². The van der Waals surface area contributed by atoms with Crippen molar-refractivity contribution < 1.29 is 14.6 Å². The van der Waals surface area contributed by atoms with Gasteiger partial charge in [0.1, 0.15) is 5.75 Å². The van der Waals surface area contributed by atoms with E-state index >= 15 is 0 Å². The van der Waals surface area contributed by atoms with Gasteiger partial charge in [0, 0.05) is 6.54 Å². The molecule has 0 spiro atoms. The molecule has 0 saturated carbocycles. The normalized spacial score (nSPS) is 11.0. The fraction of sp³-hybridized carbons (Fsp3) is 0.471. The molecule has 2 rings (SSSR count). The number of carboxylic acids is 1. The Balaban J connectivity index is 1.85. The molecule has 0 bridgehead atoms. The molecular formula is C17H23N3O3. The van der Waals surface area contributed by atoms with Gasteiger partial charge in [0.2, 0.25) is 0 Å². The molecular weight excluding hydrogens is 294 g/mol. The molecule has 1 N–H and O–H groups in total. The second kappa shape index (κ2) is 7.76. The summed E-state index contributed by atoms with van der Waals surface area (Å²) in [5.74, 6) is -0.0496. The lowest BCUT2D eigenvalue weighted by molar-refractivity contribution is 0.0688. The number of aromatic nitrogens is 3. The van der Waals surface area contributed by atoms with Crippen molar-refractivity contribution in [2.45, 2.75) is 46.1 Å². The third kappa shape index (κ3) is 4.31. The van der Waals surface area contributed by atoms with Gasteiger partial charge in [-0.3, -0.25) is 0 Å². The number of rotatable bonds is 8. The zero-order chi connectivity index (χ0) is 16.8. The van der Waals surface area contributed by atoms with Crippen LogP contribution in [0.1, 0.15) is 54.4 Å². The summed E-state index contributed by atoms with van der Waals surface area (Å²) in [7, 11) is 0. The van der Waals surface area contributed by atoms with E-state index < -0.39 is 5.97 Å². The third-order valence-corrected chi connectivity index (χ3v) is 3.64. The highest BCUT2D eigenvalue weighted by Gasteiger charge is 2.20. The van der Waals surface area contributed by atoms with Crippen LogP contribution in [0.5, 0.6) is 5.75 Å². The van der Waals surface area contributed by atoms with Crippen LogP contribution in [-0.4, -0.2) is 32.7 Å². The molecule has 1 aromatic heterocycles.